The summed E-state index contributed by atoms with van der Waals surface area (Å²) in [7, 11) is -2.10. The molecule has 9 nitrogen and oxygen atoms in total. The van der Waals surface area contributed by atoms with Crippen molar-refractivity contribution in [2.75, 3.05) is 6.61 Å². The van der Waals surface area contributed by atoms with Crippen LogP contribution in [0.25, 0.3) is 0 Å². The van der Waals surface area contributed by atoms with E-state index in [-0.39, 0.29) is 22.4 Å². The third-order valence-electron chi connectivity index (χ3n) is 5.89. The molecule has 3 heterocycles. The standard InChI is InChI=1S/C18H25N3O6SSi/c1-10-7-21(15(23)20-14(10)22)18(9-19)13-12(25-16(28)26-13)11(27-18)8-24-29(5,6)17(2,3)4/h7,11-13H,8H2,1-6H3,(H,20,22,23)/t11-,12-,13-,18-/m1/s1. The van der Waals surface area contributed by atoms with E-state index in [9.17, 15) is 14.9 Å². The van der Waals surface area contributed by atoms with Crippen LogP contribution in [0.2, 0.25) is 18.1 Å². The Labute approximate surface area is 174 Å². The predicted octanol–water partition coefficient (Wildman–Crippen LogP) is 1.51. The zero-order chi connectivity index (χ0) is 21.8. The van der Waals surface area contributed by atoms with E-state index in [2.05, 4.69) is 38.8 Å². The maximum absolute atomic E-state index is 12.5. The number of ether oxygens (including phenoxy) is 3. The molecular formula is C18H25N3O6SSi. The minimum Gasteiger partial charge on any atom is -0.446 e. The number of thiocarbonyl (C=S) groups is 1. The fourth-order valence-corrected chi connectivity index (χ4v) is 4.33. The van der Waals surface area contributed by atoms with Crippen LogP contribution in [0, 0.1) is 18.3 Å². The first-order valence-electron chi connectivity index (χ1n) is 9.26. The number of H-pyrrole nitrogens is 1. The van der Waals surface area contributed by atoms with Crippen LogP contribution in [0.5, 0.6) is 0 Å². The SMILES string of the molecule is Cc1cn([C@]2(C#N)O[C@H](CO[Si](C)(C)C(C)(C)C)[C@H]3OC(=S)O[C@H]32)c(=O)[nH]c1=O. The van der Waals surface area contributed by atoms with Crippen LogP contribution < -0.4 is 11.2 Å². The number of aromatic amines is 1. The molecular weight excluding hydrogens is 414 g/mol. The lowest BCUT2D eigenvalue weighted by atomic mass is 10.0. The summed E-state index contributed by atoms with van der Waals surface area (Å²) < 4.78 is 24.5. The Morgan fingerprint density at radius 3 is 2.62 bits per heavy atom. The number of hydrogen-bond acceptors (Lipinski definition) is 8. The Hall–Kier alpha value is -2.00. The van der Waals surface area contributed by atoms with Gasteiger partial charge in [0.1, 0.15) is 12.2 Å². The van der Waals surface area contributed by atoms with Gasteiger partial charge in [-0.3, -0.25) is 14.3 Å². The molecule has 1 aromatic heterocycles. The van der Waals surface area contributed by atoms with Gasteiger partial charge in [-0.2, -0.15) is 5.26 Å². The first-order chi connectivity index (χ1) is 13.3. The molecule has 158 valence electrons. The summed E-state index contributed by atoms with van der Waals surface area (Å²) >= 11 is 5.04. The molecule has 4 atom stereocenters. The van der Waals surface area contributed by atoms with Crippen LogP contribution in [-0.2, 0) is 24.4 Å². The van der Waals surface area contributed by atoms with Gasteiger partial charge in [0.15, 0.2) is 14.4 Å². The van der Waals surface area contributed by atoms with Gasteiger partial charge in [-0.25, -0.2) is 4.79 Å². The lowest BCUT2D eigenvalue weighted by molar-refractivity contribution is -0.111. The molecule has 0 aliphatic carbocycles. The highest BCUT2D eigenvalue weighted by Gasteiger charge is 2.64. The van der Waals surface area contributed by atoms with Gasteiger partial charge in [-0.15, -0.1) is 0 Å². The highest BCUT2D eigenvalue weighted by molar-refractivity contribution is 7.79. The van der Waals surface area contributed by atoms with Gasteiger partial charge >= 0.3 is 10.9 Å². The molecule has 0 unspecified atom stereocenters. The molecule has 0 radical (unpaired) electrons. The molecule has 0 spiro atoms. The summed E-state index contributed by atoms with van der Waals surface area (Å²) in [5.41, 5.74) is -2.92. The molecule has 2 saturated heterocycles. The van der Waals surface area contributed by atoms with Crippen LogP contribution in [-0.4, -0.2) is 48.0 Å². The molecule has 11 heteroatoms. The van der Waals surface area contributed by atoms with Crippen LogP contribution in [0.4, 0.5) is 0 Å². The second-order valence-corrected chi connectivity index (χ2v) is 14.0. The number of rotatable bonds is 4. The molecule has 2 aliphatic heterocycles. The van der Waals surface area contributed by atoms with Crippen molar-refractivity contribution in [2.45, 2.75) is 69.9 Å². The minimum atomic E-state index is -2.10. The Balaban J connectivity index is 2.00. The Morgan fingerprint density at radius 2 is 2.03 bits per heavy atom. The number of aromatic nitrogens is 2. The first kappa shape index (κ1) is 21.7. The largest absolute Gasteiger partial charge is 0.446 e. The van der Waals surface area contributed by atoms with Gasteiger partial charge in [-0.1, -0.05) is 20.8 Å². The van der Waals surface area contributed by atoms with Crippen LogP contribution in [0.15, 0.2) is 15.8 Å². The third kappa shape index (κ3) is 3.54. The van der Waals surface area contributed by atoms with Crippen LogP contribution >= 0.6 is 12.2 Å². The van der Waals surface area contributed by atoms with Crippen molar-refractivity contribution in [3.05, 3.63) is 32.6 Å². The quantitative estimate of drug-likeness (QED) is 0.554. The van der Waals surface area contributed by atoms with Gasteiger partial charge in [0.05, 0.1) is 6.61 Å². The Kier molecular flexibility index (Phi) is 5.28. The number of nitrogens with zero attached hydrogens (tertiary/aromatic N) is 2. The first-order valence-corrected chi connectivity index (χ1v) is 12.6. The molecule has 2 aliphatic rings. The maximum atomic E-state index is 12.5. The van der Waals surface area contributed by atoms with Crippen molar-refractivity contribution >= 4 is 25.8 Å². The fourth-order valence-electron chi connectivity index (χ4n) is 3.10. The normalized spacial score (nSPS) is 29.1. The van der Waals surface area contributed by atoms with Crippen LogP contribution in [0.3, 0.4) is 0 Å². The van der Waals surface area contributed by atoms with Crippen molar-refractivity contribution in [2.24, 2.45) is 0 Å². The highest BCUT2D eigenvalue weighted by atomic mass is 32.1. The predicted molar refractivity (Wildman–Crippen MR) is 110 cm³/mol. The minimum absolute atomic E-state index is 0.0212. The van der Waals surface area contributed by atoms with E-state index in [1.807, 2.05) is 6.07 Å². The van der Waals surface area contributed by atoms with E-state index in [4.69, 9.17) is 30.9 Å². The lowest BCUT2D eigenvalue weighted by Crippen LogP contribution is -2.50. The molecule has 1 aromatic rings. The van der Waals surface area contributed by atoms with E-state index in [0.29, 0.717) is 0 Å². The van der Waals surface area contributed by atoms with Crippen molar-refractivity contribution in [3.8, 4) is 6.07 Å². The molecule has 29 heavy (non-hydrogen) atoms. The van der Waals surface area contributed by atoms with Crippen LogP contribution in [0.1, 0.15) is 26.3 Å². The second kappa shape index (κ2) is 7.05. The van der Waals surface area contributed by atoms with Gasteiger partial charge in [0.25, 0.3) is 11.3 Å². The van der Waals surface area contributed by atoms with Crippen molar-refractivity contribution in [1.29, 1.82) is 5.26 Å². The van der Waals surface area contributed by atoms with Gasteiger partial charge in [0, 0.05) is 24.0 Å². The fraction of sp³-hybridized carbons (Fsp3) is 0.667. The molecule has 0 saturated carbocycles. The van der Waals surface area contributed by atoms with E-state index in [1.54, 1.807) is 0 Å². The zero-order valence-corrected chi connectivity index (χ0v) is 19.1. The zero-order valence-electron chi connectivity index (χ0n) is 17.3. The number of nitriles is 1. The summed E-state index contributed by atoms with van der Waals surface area (Å²) in [6, 6.07) is 2.04. The van der Waals surface area contributed by atoms with Gasteiger partial charge < -0.3 is 18.6 Å². The molecule has 2 fully saturated rings. The van der Waals surface area contributed by atoms with Crippen molar-refractivity contribution < 1.29 is 18.6 Å². The van der Waals surface area contributed by atoms with E-state index in [1.165, 1.54) is 13.1 Å². The summed E-state index contributed by atoms with van der Waals surface area (Å²) in [5, 5.41) is 9.89. The topological polar surface area (TPSA) is 116 Å². The average molecular weight is 440 g/mol. The number of hydrogen-bond donors (Lipinski definition) is 1. The molecule has 1 N–H and O–H groups in total. The maximum Gasteiger partial charge on any atom is 0.353 e. The summed E-state index contributed by atoms with van der Waals surface area (Å²) in [4.78, 5) is 26.4. The molecule has 0 bridgehead atoms. The van der Waals surface area contributed by atoms with E-state index in [0.717, 1.165) is 4.57 Å². The monoisotopic (exact) mass is 439 g/mol. The van der Waals surface area contributed by atoms with Gasteiger partial charge in [-0.05, 0) is 25.1 Å². The summed E-state index contributed by atoms with van der Waals surface area (Å²) in [6.45, 7) is 12.2. The number of nitrogens with one attached hydrogen (secondary N) is 1. The smallest absolute Gasteiger partial charge is 0.353 e. The third-order valence-corrected chi connectivity index (χ3v) is 10.6. The Bertz CT molecular complexity index is 991. The van der Waals surface area contributed by atoms with E-state index >= 15 is 0 Å². The van der Waals surface area contributed by atoms with Crippen molar-refractivity contribution in [3.63, 3.8) is 0 Å². The Morgan fingerprint density at radius 1 is 1.38 bits per heavy atom. The number of fused-ring (bicyclic) bond motifs is 1. The van der Waals surface area contributed by atoms with Crippen molar-refractivity contribution in [1.82, 2.24) is 9.55 Å². The summed E-state index contributed by atoms with van der Waals surface area (Å²) in [6.07, 6.45) is -1.10. The lowest BCUT2D eigenvalue weighted by Gasteiger charge is -2.37. The molecule has 3 rings (SSSR count). The molecule has 0 aromatic carbocycles. The summed E-state index contributed by atoms with van der Waals surface area (Å²) in [5.74, 6) is 0. The van der Waals surface area contributed by atoms with E-state index < -0.39 is 43.6 Å². The molecule has 0 amide bonds. The average Bonchev–Trinajstić information content (AvgIpc) is 3.12. The van der Waals surface area contributed by atoms with Gasteiger partial charge in [0.2, 0.25) is 6.10 Å². The number of aryl methyl sites for hydroxylation is 1. The second-order valence-electron chi connectivity index (χ2n) is 8.85. The highest BCUT2D eigenvalue weighted by Crippen LogP contribution is 2.43.